The SMILES string of the molecule is CCC(N)(Cc1ccccc1)Cc1ccc(OC)c(F)c1. The van der Waals surface area contributed by atoms with E-state index in [0.29, 0.717) is 6.42 Å². The van der Waals surface area contributed by atoms with Gasteiger partial charge in [-0.2, -0.15) is 0 Å². The van der Waals surface area contributed by atoms with Crippen LogP contribution in [0.15, 0.2) is 48.5 Å². The summed E-state index contributed by atoms with van der Waals surface area (Å²) >= 11 is 0. The Morgan fingerprint density at radius 3 is 2.29 bits per heavy atom. The van der Waals surface area contributed by atoms with Gasteiger partial charge in [0.25, 0.3) is 0 Å². The second-order valence-corrected chi connectivity index (χ2v) is 5.52. The van der Waals surface area contributed by atoms with Crippen molar-refractivity contribution in [2.75, 3.05) is 7.11 Å². The molecule has 0 saturated heterocycles. The molecule has 2 rings (SSSR count). The molecule has 3 heteroatoms. The van der Waals surface area contributed by atoms with E-state index >= 15 is 0 Å². The van der Waals surface area contributed by atoms with E-state index in [1.54, 1.807) is 6.07 Å². The lowest BCUT2D eigenvalue weighted by molar-refractivity contribution is 0.382. The van der Waals surface area contributed by atoms with Gasteiger partial charge in [0, 0.05) is 5.54 Å². The topological polar surface area (TPSA) is 35.2 Å². The maximum absolute atomic E-state index is 13.8. The molecule has 2 aromatic carbocycles. The van der Waals surface area contributed by atoms with Crippen molar-refractivity contribution < 1.29 is 9.13 Å². The summed E-state index contributed by atoms with van der Waals surface area (Å²) in [6.07, 6.45) is 2.24. The van der Waals surface area contributed by atoms with Crippen LogP contribution in [0, 0.1) is 5.82 Å². The molecule has 0 spiro atoms. The van der Waals surface area contributed by atoms with Gasteiger partial charge in [-0.15, -0.1) is 0 Å². The maximum Gasteiger partial charge on any atom is 0.165 e. The third-order valence-corrected chi connectivity index (χ3v) is 3.88. The third-order valence-electron chi connectivity index (χ3n) is 3.88. The number of benzene rings is 2. The zero-order valence-electron chi connectivity index (χ0n) is 12.6. The van der Waals surface area contributed by atoms with Gasteiger partial charge in [-0.3, -0.25) is 0 Å². The molecule has 1 atom stereocenters. The van der Waals surface area contributed by atoms with E-state index in [1.165, 1.54) is 18.7 Å². The van der Waals surface area contributed by atoms with E-state index < -0.39 is 0 Å². The molecule has 0 aromatic heterocycles. The van der Waals surface area contributed by atoms with Crippen LogP contribution < -0.4 is 10.5 Å². The Morgan fingerprint density at radius 1 is 1.05 bits per heavy atom. The fourth-order valence-corrected chi connectivity index (χ4v) is 2.54. The molecule has 21 heavy (non-hydrogen) atoms. The molecular weight excluding hydrogens is 265 g/mol. The Bertz CT molecular complexity index is 585. The predicted molar refractivity (Wildman–Crippen MR) is 84.0 cm³/mol. The highest BCUT2D eigenvalue weighted by Gasteiger charge is 2.24. The number of hydrogen-bond acceptors (Lipinski definition) is 2. The Labute approximate surface area is 125 Å². The molecule has 0 fully saturated rings. The number of methoxy groups -OCH3 is 1. The van der Waals surface area contributed by atoms with Gasteiger partial charge >= 0.3 is 0 Å². The number of rotatable bonds is 6. The minimum atomic E-state index is -0.373. The molecule has 0 aliphatic heterocycles. The molecule has 0 aliphatic carbocycles. The Hall–Kier alpha value is -1.87. The van der Waals surface area contributed by atoms with Crippen molar-refractivity contribution in [2.45, 2.75) is 31.7 Å². The number of nitrogens with two attached hydrogens (primary N) is 1. The van der Waals surface area contributed by atoms with Gasteiger partial charge in [-0.25, -0.2) is 4.39 Å². The zero-order valence-corrected chi connectivity index (χ0v) is 12.6. The van der Waals surface area contributed by atoms with Gasteiger partial charge in [0.1, 0.15) is 0 Å². The molecule has 1 unspecified atom stereocenters. The average Bonchev–Trinajstić information content (AvgIpc) is 2.48. The zero-order chi connectivity index (χ0) is 15.3. The molecule has 0 bridgehead atoms. The second kappa shape index (κ2) is 6.72. The van der Waals surface area contributed by atoms with E-state index in [0.717, 1.165) is 18.4 Å². The van der Waals surface area contributed by atoms with Crippen molar-refractivity contribution >= 4 is 0 Å². The van der Waals surface area contributed by atoms with Crippen LogP contribution in [0.4, 0.5) is 4.39 Å². The molecule has 2 N–H and O–H groups in total. The van der Waals surface area contributed by atoms with Crippen molar-refractivity contribution in [1.82, 2.24) is 0 Å². The van der Waals surface area contributed by atoms with Crippen molar-refractivity contribution in [2.24, 2.45) is 5.73 Å². The summed E-state index contributed by atoms with van der Waals surface area (Å²) in [6, 6.07) is 15.2. The first-order chi connectivity index (χ1) is 10.1. The molecule has 0 radical (unpaired) electrons. The first kappa shape index (κ1) is 15.5. The quantitative estimate of drug-likeness (QED) is 0.878. The van der Waals surface area contributed by atoms with Crippen molar-refractivity contribution in [3.8, 4) is 5.75 Å². The number of halogens is 1. The van der Waals surface area contributed by atoms with E-state index in [2.05, 4.69) is 19.1 Å². The largest absolute Gasteiger partial charge is 0.494 e. The van der Waals surface area contributed by atoms with Crippen LogP contribution in [0.5, 0.6) is 5.75 Å². The van der Waals surface area contributed by atoms with E-state index in [4.69, 9.17) is 10.5 Å². The maximum atomic E-state index is 13.8. The fourth-order valence-electron chi connectivity index (χ4n) is 2.54. The van der Waals surface area contributed by atoms with Crippen LogP contribution in [0.1, 0.15) is 24.5 Å². The normalized spacial score (nSPS) is 13.7. The van der Waals surface area contributed by atoms with Gasteiger partial charge < -0.3 is 10.5 Å². The van der Waals surface area contributed by atoms with Gasteiger partial charge in [0.15, 0.2) is 11.6 Å². The van der Waals surface area contributed by atoms with Crippen LogP contribution in [-0.4, -0.2) is 12.6 Å². The van der Waals surface area contributed by atoms with Crippen LogP contribution in [0.3, 0.4) is 0 Å². The summed E-state index contributed by atoms with van der Waals surface area (Å²) in [7, 11) is 1.47. The highest BCUT2D eigenvalue weighted by atomic mass is 19.1. The summed E-state index contributed by atoms with van der Waals surface area (Å²) in [5, 5.41) is 0. The second-order valence-electron chi connectivity index (χ2n) is 5.52. The number of ether oxygens (including phenoxy) is 1. The molecular formula is C18H22FNO. The van der Waals surface area contributed by atoms with Crippen LogP contribution in [0.25, 0.3) is 0 Å². The first-order valence-corrected chi connectivity index (χ1v) is 7.21. The van der Waals surface area contributed by atoms with Gasteiger partial charge in [0.05, 0.1) is 7.11 Å². The number of hydrogen-bond donors (Lipinski definition) is 1. The summed E-state index contributed by atoms with van der Waals surface area (Å²) in [4.78, 5) is 0. The molecule has 112 valence electrons. The smallest absolute Gasteiger partial charge is 0.165 e. The Kier molecular flexibility index (Phi) is 4.97. The molecule has 0 saturated carbocycles. The van der Waals surface area contributed by atoms with Crippen molar-refractivity contribution in [3.05, 3.63) is 65.5 Å². The lowest BCUT2D eigenvalue weighted by Crippen LogP contribution is -2.43. The molecule has 2 aromatic rings. The predicted octanol–water partition coefficient (Wildman–Crippen LogP) is 3.73. The third kappa shape index (κ3) is 4.05. The minimum Gasteiger partial charge on any atom is -0.494 e. The molecule has 0 aliphatic rings. The van der Waals surface area contributed by atoms with Crippen LogP contribution in [-0.2, 0) is 12.8 Å². The van der Waals surface area contributed by atoms with E-state index in [-0.39, 0.29) is 17.1 Å². The summed E-state index contributed by atoms with van der Waals surface area (Å²) in [5.41, 5.74) is 8.26. The highest BCUT2D eigenvalue weighted by molar-refractivity contribution is 5.31. The molecule has 2 nitrogen and oxygen atoms in total. The Balaban J connectivity index is 2.16. The van der Waals surface area contributed by atoms with Crippen LogP contribution in [0.2, 0.25) is 0 Å². The molecule has 0 heterocycles. The van der Waals surface area contributed by atoms with E-state index in [1.807, 2.05) is 24.3 Å². The summed E-state index contributed by atoms with van der Waals surface area (Å²) in [6.45, 7) is 2.07. The fraction of sp³-hybridized carbons (Fsp3) is 0.333. The standard InChI is InChI=1S/C18H22FNO/c1-3-18(20,12-14-7-5-4-6-8-14)13-15-9-10-17(21-2)16(19)11-15/h4-11H,3,12-13,20H2,1-2H3. The average molecular weight is 287 g/mol. The van der Waals surface area contributed by atoms with Crippen molar-refractivity contribution in [3.63, 3.8) is 0 Å². The Morgan fingerprint density at radius 2 is 1.71 bits per heavy atom. The molecule has 0 amide bonds. The van der Waals surface area contributed by atoms with Crippen molar-refractivity contribution in [1.29, 1.82) is 0 Å². The monoisotopic (exact) mass is 287 g/mol. The van der Waals surface area contributed by atoms with Gasteiger partial charge in [0.2, 0.25) is 0 Å². The summed E-state index contributed by atoms with van der Waals surface area (Å²) < 4.78 is 18.7. The minimum absolute atomic E-state index is 0.265. The van der Waals surface area contributed by atoms with Crippen LogP contribution >= 0.6 is 0 Å². The summed E-state index contributed by atoms with van der Waals surface area (Å²) in [5.74, 6) is -0.0749. The van der Waals surface area contributed by atoms with Gasteiger partial charge in [-0.05, 0) is 42.5 Å². The highest BCUT2D eigenvalue weighted by Crippen LogP contribution is 2.24. The lowest BCUT2D eigenvalue weighted by atomic mass is 9.83. The lowest BCUT2D eigenvalue weighted by Gasteiger charge is -2.28. The van der Waals surface area contributed by atoms with Gasteiger partial charge in [-0.1, -0.05) is 43.3 Å². The van der Waals surface area contributed by atoms with E-state index in [9.17, 15) is 4.39 Å². The first-order valence-electron chi connectivity index (χ1n) is 7.21.